The summed E-state index contributed by atoms with van der Waals surface area (Å²) in [6, 6.07) is 16.0. The fourth-order valence-electron chi connectivity index (χ4n) is 2.66. The second-order valence-corrected chi connectivity index (χ2v) is 5.75. The normalized spacial score (nSPS) is 10.6. The Morgan fingerprint density at radius 3 is 2.65 bits per heavy atom. The molecular weight excluding hydrogens is 328 g/mol. The lowest BCUT2D eigenvalue weighted by molar-refractivity contribution is 0.102. The van der Waals surface area contributed by atoms with Gasteiger partial charge in [0.2, 0.25) is 0 Å². The number of rotatable bonds is 4. The maximum absolute atomic E-state index is 12.3. The molecule has 0 spiro atoms. The first-order chi connectivity index (χ1) is 12.7. The fourth-order valence-corrected chi connectivity index (χ4v) is 2.66. The van der Waals surface area contributed by atoms with Gasteiger partial charge >= 0.3 is 0 Å². The van der Waals surface area contributed by atoms with Gasteiger partial charge in [0, 0.05) is 22.9 Å². The van der Waals surface area contributed by atoms with E-state index in [1.54, 1.807) is 54.9 Å². The Morgan fingerprint density at radius 2 is 1.92 bits per heavy atom. The van der Waals surface area contributed by atoms with Crippen LogP contribution in [0.1, 0.15) is 20.7 Å². The number of imidazole rings is 1. The van der Waals surface area contributed by atoms with Crippen LogP contribution in [0.15, 0.2) is 67.0 Å². The zero-order valence-corrected chi connectivity index (χ0v) is 13.6. The lowest BCUT2D eigenvalue weighted by Gasteiger charge is -2.05. The van der Waals surface area contributed by atoms with Crippen molar-refractivity contribution in [1.82, 2.24) is 15.0 Å². The zero-order valence-electron chi connectivity index (χ0n) is 13.6. The van der Waals surface area contributed by atoms with Crippen LogP contribution in [-0.4, -0.2) is 27.1 Å². The summed E-state index contributed by atoms with van der Waals surface area (Å²) in [5.74, 6) is 0.479. The van der Waals surface area contributed by atoms with Crippen LogP contribution in [0.4, 0.5) is 5.69 Å². The number of H-pyrrole nitrogens is 1. The molecule has 0 radical (unpaired) electrons. The Morgan fingerprint density at radius 1 is 1.08 bits per heavy atom. The van der Waals surface area contributed by atoms with Crippen LogP contribution in [0.3, 0.4) is 0 Å². The molecular formula is C20H14N4O2. The summed E-state index contributed by atoms with van der Waals surface area (Å²) in [7, 11) is 0. The van der Waals surface area contributed by atoms with Crippen molar-refractivity contribution in [3.63, 3.8) is 0 Å². The summed E-state index contributed by atoms with van der Waals surface area (Å²) < 4.78 is 0. The lowest BCUT2D eigenvalue weighted by Crippen LogP contribution is -2.11. The number of aldehydes is 1. The van der Waals surface area contributed by atoms with Gasteiger partial charge in [-0.3, -0.25) is 14.6 Å². The van der Waals surface area contributed by atoms with E-state index >= 15 is 0 Å². The molecule has 1 amide bonds. The standard InChI is InChI=1S/C20H14N4O2/c25-12-13-3-8-17-18(10-13)24-19(23-17)14-4-6-15(7-5-14)20(26)22-16-2-1-9-21-11-16/h1-12H,(H,22,26)(H,23,24). The maximum atomic E-state index is 12.3. The monoisotopic (exact) mass is 342 g/mol. The van der Waals surface area contributed by atoms with Gasteiger partial charge in [0.25, 0.3) is 5.91 Å². The van der Waals surface area contributed by atoms with Gasteiger partial charge in [-0.15, -0.1) is 0 Å². The molecule has 26 heavy (non-hydrogen) atoms. The first kappa shape index (κ1) is 15.7. The number of nitrogens with one attached hydrogen (secondary N) is 2. The Hall–Kier alpha value is -3.80. The average Bonchev–Trinajstić information content (AvgIpc) is 3.12. The summed E-state index contributed by atoms with van der Waals surface area (Å²) in [6.07, 6.45) is 4.04. The summed E-state index contributed by atoms with van der Waals surface area (Å²) >= 11 is 0. The predicted molar refractivity (Wildman–Crippen MR) is 99.1 cm³/mol. The van der Waals surface area contributed by atoms with E-state index in [-0.39, 0.29) is 5.91 Å². The largest absolute Gasteiger partial charge is 0.338 e. The molecule has 0 saturated heterocycles. The molecule has 126 valence electrons. The third-order valence-corrected chi connectivity index (χ3v) is 3.98. The number of fused-ring (bicyclic) bond motifs is 1. The predicted octanol–water partition coefficient (Wildman–Crippen LogP) is 3.69. The van der Waals surface area contributed by atoms with Crippen molar-refractivity contribution in [2.45, 2.75) is 0 Å². The smallest absolute Gasteiger partial charge is 0.255 e. The van der Waals surface area contributed by atoms with Crippen LogP contribution in [0, 0.1) is 0 Å². The minimum atomic E-state index is -0.204. The highest BCUT2D eigenvalue weighted by Crippen LogP contribution is 2.22. The number of aromatic amines is 1. The van der Waals surface area contributed by atoms with Gasteiger partial charge < -0.3 is 10.3 Å². The SMILES string of the molecule is O=Cc1ccc2nc(-c3ccc(C(=O)Nc4cccnc4)cc3)[nH]c2c1. The van der Waals surface area contributed by atoms with E-state index < -0.39 is 0 Å². The minimum Gasteiger partial charge on any atom is -0.338 e. The summed E-state index contributed by atoms with van der Waals surface area (Å²) in [5.41, 5.74) is 4.20. The number of nitrogens with zero attached hydrogens (tertiary/aromatic N) is 2. The number of amides is 1. The molecule has 6 nitrogen and oxygen atoms in total. The van der Waals surface area contributed by atoms with Gasteiger partial charge in [0.15, 0.2) is 0 Å². The zero-order chi connectivity index (χ0) is 17.9. The van der Waals surface area contributed by atoms with Crippen LogP contribution in [0.25, 0.3) is 22.4 Å². The highest BCUT2D eigenvalue weighted by atomic mass is 16.1. The third kappa shape index (κ3) is 3.08. The molecule has 0 bridgehead atoms. The van der Waals surface area contributed by atoms with Crippen LogP contribution in [-0.2, 0) is 0 Å². The molecule has 4 aromatic rings. The van der Waals surface area contributed by atoms with Crippen molar-refractivity contribution in [2.75, 3.05) is 5.32 Å². The van der Waals surface area contributed by atoms with Gasteiger partial charge in [-0.2, -0.15) is 0 Å². The molecule has 6 heteroatoms. The maximum Gasteiger partial charge on any atom is 0.255 e. The van der Waals surface area contributed by atoms with E-state index in [2.05, 4.69) is 20.3 Å². The van der Waals surface area contributed by atoms with E-state index in [0.29, 0.717) is 22.6 Å². The van der Waals surface area contributed by atoms with Crippen molar-refractivity contribution >= 4 is 28.9 Å². The van der Waals surface area contributed by atoms with Crippen LogP contribution >= 0.6 is 0 Å². The van der Waals surface area contributed by atoms with Crippen LogP contribution in [0.2, 0.25) is 0 Å². The lowest BCUT2D eigenvalue weighted by atomic mass is 10.1. The van der Waals surface area contributed by atoms with Gasteiger partial charge in [-0.25, -0.2) is 4.98 Å². The van der Waals surface area contributed by atoms with E-state index in [1.165, 1.54) is 0 Å². The van der Waals surface area contributed by atoms with E-state index in [9.17, 15) is 9.59 Å². The summed E-state index contributed by atoms with van der Waals surface area (Å²) in [5, 5.41) is 2.79. The molecule has 4 rings (SSSR count). The number of hydrogen-bond acceptors (Lipinski definition) is 4. The van der Waals surface area contributed by atoms with E-state index in [4.69, 9.17) is 0 Å². The molecule has 0 aliphatic carbocycles. The van der Waals surface area contributed by atoms with Crippen molar-refractivity contribution < 1.29 is 9.59 Å². The average molecular weight is 342 g/mol. The quantitative estimate of drug-likeness (QED) is 0.554. The Labute approximate surface area is 148 Å². The number of benzene rings is 2. The number of carbonyl (C=O) groups is 2. The van der Waals surface area contributed by atoms with Gasteiger partial charge in [-0.05, 0) is 42.5 Å². The Bertz CT molecular complexity index is 1090. The number of aromatic nitrogens is 3. The summed E-state index contributed by atoms with van der Waals surface area (Å²) in [6.45, 7) is 0. The van der Waals surface area contributed by atoms with Crippen LogP contribution in [0.5, 0.6) is 0 Å². The van der Waals surface area contributed by atoms with E-state index in [0.717, 1.165) is 22.9 Å². The molecule has 0 unspecified atom stereocenters. The topological polar surface area (TPSA) is 87.7 Å². The van der Waals surface area contributed by atoms with Gasteiger partial charge in [0.05, 0.1) is 22.9 Å². The molecule has 0 aliphatic heterocycles. The summed E-state index contributed by atoms with van der Waals surface area (Å²) in [4.78, 5) is 34.8. The number of anilines is 1. The van der Waals surface area contributed by atoms with Gasteiger partial charge in [0.1, 0.15) is 12.1 Å². The van der Waals surface area contributed by atoms with Gasteiger partial charge in [-0.1, -0.05) is 12.1 Å². The Kier molecular flexibility index (Phi) is 3.99. The highest BCUT2D eigenvalue weighted by molar-refractivity contribution is 6.04. The third-order valence-electron chi connectivity index (χ3n) is 3.98. The number of carbonyl (C=O) groups excluding carboxylic acids is 2. The molecule has 2 aromatic carbocycles. The molecule has 0 saturated carbocycles. The second kappa shape index (κ2) is 6.60. The van der Waals surface area contributed by atoms with Crippen molar-refractivity contribution in [3.05, 3.63) is 78.1 Å². The molecule has 0 fully saturated rings. The van der Waals surface area contributed by atoms with Crippen molar-refractivity contribution in [1.29, 1.82) is 0 Å². The van der Waals surface area contributed by atoms with Crippen LogP contribution < -0.4 is 5.32 Å². The first-order valence-corrected chi connectivity index (χ1v) is 8.00. The number of pyridine rings is 1. The molecule has 2 aromatic heterocycles. The van der Waals surface area contributed by atoms with E-state index in [1.807, 2.05) is 12.1 Å². The fraction of sp³-hybridized carbons (Fsp3) is 0. The number of hydrogen-bond donors (Lipinski definition) is 2. The molecule has 2 heterocycles. The van der Waals surface area contributed by atoms with Crippen molar-refractivity contribution in [3.8, 4) is 11.4 Å². The highest BCUT2D eigenvalue weighted by Gasteiger charge is 2.09. The molecule has 0 aliphatic rings. The second-order valence-electron chi connectivity index (χ2n) is 5.75. The molecule has 2 N–H and O–H groups in total. The van der Waals surface area contributed by atoms with Crippen molar-refractivity contribution in [2.24, 2.45) is 0 Å². The molecule has 0 atom stereocenters. The minimum absolute atomic E-state index is 0.204. The Balaban J connectivity index is 1.57. The first-order valence-electron chi connectivity index (χ1n) is 8.00.